The van der Waals surface area contributed by atoms with E-state index in [1.165, 1.54) is 0 Å². The number of carbonyl (C=O) groups is 2. The fourth-order valence-corrected chi connectivity index (χ4v) is 3.45. The van der Waals surface area contributed by atoms with E-state index >= 15 is 0 Å². The summed E-state index contributed by atoms with van der Waals surface area (Å²) in [5.41, 5.74) is -1.72. The van der Waals surface area contributed by atoms with E-state index in [-0.39, 0.29) is 13.0 Å². The molecule has 0 bridgehead atoms. The predicted octanol–water partition coefficient (Wildman–Crippen LogP) is 2.82. The monoisotopic (exact) mass is 362 g/mol. The van der Waals surface area contributed by atoms with Gasteiger partial charge < -0.3 is 9.84 Å². The molecule has 0 aromatic rings. The number of amides is 1. The number of alkyl halides is 2. The first-order chi connectivity index (χ1) is 11.2. The van der Waals surface area contributed by atoms with Crippen LogP contribution in [0.5, 0.6) is 0 Å². The number of carbonyl (C=O) groups excluding carboxylic acids is 1. The minimum atomic E-state index is -3.04. The number of likely N-dealkylation sites (tertiary alicyclic amines) is 2. The molecule has 144 valence electrons. The minimum absolute atomic E-state index is 0.262. The molecule has 0 aliphatic carbocycles. The fourth-order valence-electron chi connectivity index (χ4n) is 3.45. The number of hydrogen-bond donors (Lipinski definition) is 1. The van der Waals surface area contributed by atoms with Crippen LogP contribution in [-0.2, 0) is 9.53 Å². The van der Waals surface area contributed by atoms with E-state index < -0.39 is 47.6 Å². The third kappa shape index (κ3) is 4.22. The topological polar surface area (TPSA) is 70.1 Å². The summed E-state index contributed by atoms with van der Waals surface area (Å²) in [4.78, 5) is 26.3. The Kier molecular flexibility index (Phi) is 5.07. The Morgan fingerprint density at radius 2 is 1.84 bits per heavy atom. The van der Waals surface area contributed by atoms with Gasteiger partial charge in [-0.05, 0) is 54.0 Å². The molecule has 25 heavy (non-hydrogen) atoms. The van der Waals surface area contributed by atoms with Gasteiger partial charge in [0.2, 0.25) is 0 Å². The highest BCUT2D eigenvalue weighted by atomic mass is 19.3. The zero-order chi connectivity index (χ0) is 19.2. The summed E-state index contributed by atoms with van der Waals surface area (Å²) in [5.74, 6) is -3.98. The summed E-state index contributed by atoms with van der Waals surface area (Å²) in [7, 11) is 0. The smallest absolute Gasteiger partial charge is 0.410 e. The molecular weight excluding hydrogens is 334 g/mol. The molecule has 0 unspecified atom stereocenters. The van der Waals surface area contributed by atoms with Gasteiger partial charge in [-0.25, -0.2) is 13.6 Å². The second-order valence-corrected chi connectivity index (χ2v) is 8.65. The van der Waals surface area contributed by atoms with Crippen LogP contribution < -0.4 is 0 Å². The molecule has 2 atom stereocenters. The number of ether oxygens (including phenoxy) is 1. The first-order valence-electron chi connectivity index (χ1n) is 8.59. The average molecular weight is 362 g/mol. The van der Waals surface area contributed by atoms with Crippen LogP contribution >= 0.6 is 0 Å². The number of halogens is 2. The highest BCUT2D eigenvalue weighted by molar-refractivity contribution is 5.73. The van der Waals surface area contributed by atoms with Crippen molar-refractivity contribution in [3.05, 3.63) is 0 Å². The van der Waals surface area contributed by atoms with Crippen molar-refractivity contribution in [2.24, 2.45) is 5.41 Å². The number of carboxylic acid groups (broad SMARTS) is 1. The second-order valence-electron chi connectivity index (χ2n) is 8.65. The summed E-state index contributed by atoms with van der Waals surface area (Å²) in [5, 5.41) is 9.19. The molecule has 2 aliphatic rings. The van der Waals surface area contributed by atoms with Crippen LogP contribution in [0.3, 0.4) is 0 Å². The van der Waals surface area contributed by atoms with Gasteiger partial charge in [-0.1, -0.05) is 0 Å². The van der Waals surface area contributed by atoms with Gasteiger partial charge in [0.05, 0.1) is 24.0 Å². The Balaban J connectivity index is 2.09. The first kappa shape index (κ1) is 19.9. The molecule has 0 aromatic heterocycles. The lowest BCUT2D eigenvalue weighted by Crippen LogP contribution is -2.46. The second kappa shape index (κ2) is 6.37. The van der Waals surface area contributed by atoms with Crippen molar-refractivity contribution in [1.82, 2.24) is 9.80 Å². The molecular formula is C17H28F2N2O4. The fraction of sp³-hybridized carbons (Fsp3) is 0.882. The molecule has 0 aromatic carbocycles. The van der Waals surface area contributed by atoms with E-state index in [0.717, 1.165) is 4.90 Å². The van der Waals surface area contributed by atoms with Crippen molar-refractivity contribution in [2.75, 3.05) is 19.6 Å². The number of nitrogens with zero attached hydrogens (tertiary/aromatic N) is 2. The van der Waals surface area contributed by atoms with E-state index in [4.69, 9.17) is 4.74 Å². The third-order valence-corrected chi connectivity index (χ3v) is 4.92. The Morgan fingerprint density at radius 3 is 2.36 bits per heavy atom. The Morgan fingerprint density at radius 1 is 1.24 bits per heavy atom. The number of aliphatic carboxylic acids is 1. The third-order valence-electron chi connectivity index (χ3n) is 4.92. The summed E-state index contributed by atoms with van der Waals surface area (Å²) < 4.78 is 34.4. The van der Waals surface area contributed by atoms with Crippen molar-refractivity contribution in [3.63, 3.8) is 0 Å². The summed E-state index contributed by atoms with van der Waals surface area (Å²) >= 11 is 0. The van der Waals surface area contributed by atoms with Gasteiger partial charge in [0.1, 0.15) is 5.60 Å². The summed E-state index contributed by atoms with van der Waals surface area (Å²) in [6.07, 6.45) is -0.00598. The van der Waals surface area contributed by atoms with E-state index in [2.05, 4.69) is 0 Å². The first-order valence-corrected chi connectivity index (χ1v) is 8.59. The molecule has 2 rings (SSSR count). The van der Waals surface area contributed by atoms with E-state index in [9.17, 15) is 23.5 Å². The Labute approximate surface area is 147 Å². The summed E-state index contributed by atoms with van der Waals surface area (Å²) in [6.45, 7) is 8.29. The van der Waals surface area contributed by atoms with E-state index in [0.29, 0.717) is 13.0 Å². The van der Waals surface area contributed by atoms with E-state index in [1.54, 1.807) is 39.5 Å². The molecule has 8 heteroatoms. The van der Waals surface area contributed by atoms with Gasteiger partial charge in [-0.2, -0.15) is 0 Å². The van der Waals surface area contributed by atoms with E-state index in [1.807, 2.05) is 0 Å². The molecule has 0 spiro atoms. The largest absolute Gasteiger partial charge is 0.481 e. The molecule has 2 saturated heterocycles. The highest BCUT2D eigenvalue weighted by Crippen LogP contribution is 2.42. The van der Waals surface area contributed by atoms with Crippen LogP contribution in [0.4, 0.5) is 13.6 Å². The maximum Gasteiger partial charge on any atom is 0.410 e. The summed E-state index contributed by atoms with van der Waals surface area (Å²) in [6, 6.07) is -1.68. The SMILES string of the molecule is CC(C)(C)OC(=O)N1CC(F)(F)[C@H]2[C@@H]1CCN2CCC(C)(C)C(=O)O. The Bertz CT molecular complexity index is 545. The van der Waals surface area contributed by atoms with Crippen LogP contribution in [0.25, 0.3) is 0 Å². The van der Waals surface area contributed by atoms with Crippen molar-refractivity contribution < 1.29 is 28.2 Å². The molecule has 0 saturated carbocycles. The van der Waals surface area contributed by atoms with Crippen molar-refractivity contribution in [1.29, 1.82) is 0 Å². The molecule has 6 nitrogen and oxygen atoms in total. The molecule has 1 amide bonds. The van der Waals surface area contributed by atoms with Crippen molar-refractivity contribution in [3.8, 4) is 0 Å². The maximum absolute atomic E-state index is 14.6. The minimum Gasteiger partial charge on any atom is -0.481 e. The lowest BCUT2D eigenvalue weighted by Gasteiger charge is -2.30. The van der Waals surface area contributed by atoms with Crippen molar-refractivity contribution >= 4 is 12.1 Å². The average Bonchev–Trinajstić information content (AvgIpc) is 2.95. The van der Waals surface area contributed by atoms with Gasteiger partial charge >= 0.3 is 12.1 Å². The highest BCUT2D eigenvalue weighted by Gasteiger charge is 2.61. The molecule has 2 aliphatic heterocycles. The van der Waals surface area contributed by atoms with Crippen LogP contribution in [0.1, 0.15) is 47.5 Å². The quantitative estimate of drug-likeness (QED) is 0.833. The van der Waals surface area contributed by atoms with Gasteiger partial charge in [0.15, 0.2) is 0 Å². The number of rotatable bonds is 4. The van der Waals surface area contributed by atoms with Crippen molar-refractivity contribution in [2.45, 2.75) is 71.1 Å². The normalized spacial score (nSPS) is 26.6. The lowest BCUT2D eigenvalue weighted by molar-refractivity contribution is -0.147. The van der Waals surface area contributed by atoms with Crippen LogP contribution in [0, 0.1) is 5.41 Å². The van der Waals surface area contributed by atoms with Crippen LogP contribution in [-0.4, -0.2) is 70.2 Å². The van der Waals surface area contributed by atoms with Gasteiger partial charge in [-0.3, -0.25) is 14.6 Å². The standard InChI is InChI=1S/C17H28F2N2O4/c1-15(2,3)25-14(24)21-10-17(18,19)12-11(21)6-8-20(12)9-7-16(4,5)13(22)23/h11-12H,6-10H2,1-5H3,(H,22,23)/t11-,12+/m0/s1. The van der Waals surface area contributed by atoms with Gasteiger partial charge in [0, 0.05) is 6.54 Å². The van der Waals surface area contributed by atoms with Gasteiger partial charge in [-0.15, -0.1) is 0 Å². The lowest BCUT2D eigenvalue weighted by atomic mass is 9.89. The zero-order valence-electron chi connectivity index (χ0n) is 15.5. The number of fused-ring (bicyclic) bond motifs is 1. The van der Waals surface area contributed by atoms with Crippen LogP contribution in [0.2, 0.25) is 0 Å². The molecule has 1 N–H and O–H groups in total. The molecule has 2 fully saturated rings. The number of hydrogen-bond acceptors (Lipinski definition) is 4. The maximum atomic E-state index is 14.6. The Hall–Kier alpha value is -1.44. The molecule has 2 heterocycles. The number of carboxylic acids is 1. The van der Waals surface area contributed by atoms with Gasteiger partial charge in [0.25, 0.3) is 5.92 Å². The van der Waals surface area contributed by atoms with Crippen LogP contribution in [0.15, 0.2) is 0 Å². The predicted molar refractivity (Wildman–Crippen MR) is 87.7 cm³/mol. The zero-order valence-corrected chi connectivity index (χ0v) is 15.5. The molecule has 0 radical (unpaired) electrons.